The van der Waals surface area contributed by atoms with E-state index in [-0.39, 0.29) is 0 Å². The van der Waals surface area contributed by atoms with E-state index in [0.29, 0.717) is 6.04 Å². The average molecular weight is 292 g/mol. The highest BCUT2D eigenvalue weighted by molar-refractivity contribution is 7.15. The Labute approximate surface area is 123 Å². The Hall–Kier alpha value is -1.40. The Morgan fingerprint density at radius 2 is 2.25 bits per heavy atom. The molecule has 2 aromatic rings. The van der Waals surface area contributed by atoms with Crippen LogP contribution in [0.25, 0.3) is 10.6 Å². The lowest BCUT2D eigenvalue weighted by atomic mass is 9.98. The van der Waals surface area contributed by atoms with Gasteiger partial charge in [0.2, 0.25) is 5.88 Å². The van der Waals surface area contributed by atoms with Gasteiger partial charge in [0.1, 0.15) is 5.01 Å². The number of rotatable bonds is 3. The van der Waals surface area contributed by atoms with Crippen molar-refractivity contribution in [2.45, 2.75) is 32.2 Å². The van der Waals surface area contributed by atoms with Gasteiger partial charge in [-0.25, -0.2) is 9.67 Å². The summed E-state index contributed by atoms with van der Waals surface area (Å²) in [5, 5.41) is 8.87. The van der Waals surface area contributed by atoms with Gasteiger partial charge in [0.25, 0.3) is 0 Å². The predicted molar refractivity (Wildman–Crippen MR) is 80.3 cm³/mol. The van der Waals surface area contributed by atoms with E-state index in [1.54, 1.807) is 23.1 Å². The van der Waals surface area contributed by atoms with Crippen LogP contribution in [0.2, 0.25) is 0 Å². The van der Waals surface area contributed by atoms with E-state index in [1.165, 1.54) is 23.4 Å². The van der Waals surface area contributed by atoms with E-state index in [4.69, 9.17) is 9.72 Å². The lowest BCUT2D eigenvalue weighted by Gasteiger charge is -2.19. The van der Waals surface area contributed by atoms with Crippen LogP contribution < -0.4 is 10.1 Å². The van der Waals surface area contributed by atoms with Crippen molar-refractivity contribution in [2.75, 3.05) is 14.2 Å². The fourth-order valence-corrected chi connectivity index (χ4v) is 4.26. The minimum atomic E-state index is 0.438. The number of aromatic nitrogens is 3. The smallest absolute Gasteiger partial charge is 0.222 e. The predicted octanol–water partition coefficient (Wildman–Crippen LogP) is 2.46. The molecule has 0 amide bonds. The first kappa shape index (κ1) is 13.6. The van der Waals surface area contributed by atoms with Crippen molar-refractivity contribution in [1.82, 2.24) is 20.1 Å². The van der Waals surface area contributed by atoms with Gasteiger partial charge in [-0.15, -0.1) is 11.3 Å². The first-order valence-electron chi connectivity index (χ1n) is 6.90. The summed E-state index contributed by atoms with van der Waals surface area (Å²) in [7, 11) is 5.61. The highest BCUT2D eigenvalue weighted by Gasteiger charge is 2.26. The summed E-state index contributed by atoms with van der Waals surface area (Å²) in [5.74, 6) is 0.787. The number of methoxy groups -OCH3 is 1. The quantitative estimate of drug-likeness (QED) is 0.944. The number of fused-ring (bicyclic) bond motifs is 1. The second kappa shape index (κ2) is 5.18. The number of ether oxygens (including phenoxy) is 1. The van der Waals surface area contributed by atoms with E-state index < -0.39 is 0 Å². The van der Waals surface area contributed by atoms with Gasteiger partial charge in [0.15, 0.2) is 0 Å². The third kappa shape index (κ3) is 2.03. The summed E-state index contributed by atoms with van der Waals surface area (Å²) in [6.45, 7) is 2.01. The Bertz CT molecular complexity index is 631. The molecule has 2 aromatic heterocycles. The van der Waals surface area contributed by atoms with Crippen LogP contribution in [-0.2, 0) is 13.5 Å². The van der Waals surface area contributed by atoms with Gasteiger partial charge in [0.05, 0.1) is 24.1 Å². The third-order valence-electron chi connectivity index (χ3n) is 3.88. The zero-order valence-corrected chi connectivity index (χ0v) is 13.2. The van der Waals surface area contributed by atoms with Crippen molar-refractivity contribution in [1.29, 1.82) is 0 Å². The second-order valence-corrected chi connectivity index (χ2v) is 6.19. The molecule has 6 heteroatoms. The van der Waals surface area contributed by atoms with Gasteiger partial charge < -0.3 is 10.1 Å². The number of hydrogen-bond donors (Lipinski definition) is 1. The molecule has 0 aliphatic heterocycles. The lowest BCUT2D eigenvalue weighted by Crippen LogP contribution is -2.19. The largest absolute Gasteiger partial charge is 0.481 e. The fraction of sp³-hybridized carbons (Fsp3) is 0.571. The van der Waals surface area contributed by atoms with Crippen molar-refractivity contribution in [3.05, 3.63) is 16.3 Å². The maximum atomic E-state index is 5.49. The van der Waals surface area contributed by atoms with Gasteiger partial charge in [-0.1, -0.05) is 0 Å². The van der Waals surface area contributed by atoms with Crippen molar-refractivity contribution in [2.24, 2.45) is 7.05 Å². The number of hydrogen-bond acceptors (Lipinski definition) is 5. The summed E-state index contributed by atoms with van der Waals surface area (Å²) >= 11 is 1.77. The van der Waals surface area contributed by atoms with E-state index in [1.807, 2.05) is 21.0 Å². The molecule has 1 aliphatic carbocycles. The zero-order chi connectivity index (χ0) is 14.3. The van der Waals surface area contributed by atoms with Gasteiger partial charge in [-0.2, -0.15) is 5.10 Å². The molecular weight excluding hydrogens is 272 g/mol. The molecular formula is C14H20N4OS. The molecule has 1 aliphatic rings. The molecule has 108 valence electrons. The van der Waals surface area contributed by atoms with Crippen LogP contribution in [0.3, 0.4) is 0 Å². The van der Waals surface area contributed by atoms with Gasteiger partial charge in [-0.05, 0) is 33.2 Å². The standard InChI is InChI=1S/C14H20N4OS/c1-8-11(14(19-4)18(3)17-8)13-16-10-7-5-6-9(15-2)12(10)20-13/h9,15H,5-7H2,1-4H3. The Morgan fingerprint density at radius 3 is 2.95 bits per heavy atom. The summed E-state index contributed by atoms with van der Waals surface area (Å²) in [6, 6.07) is 0.438. The van der Waals surface area contributed by atoms with E-state index in [0.717, 1.165) is 28.6 Å². The molecule has 2 heterocycles. The zero-order valence-electron chi connectivity index (χ0n) is 12.4. The maximum Gasteiger partial charge on any atom is 0.222 e. The fourth-order valence-electron chi connectivity index (χ4n) is 2.92. The first-order chi connectivity index (χ1) is 9.65. The summed E-state index contributed by atoms with van der Waals surface area (Å²) in [4.78, 5) is 6.22. The molecule has 0 spiro atoms. The molecule has 1 unspecified atom stereocenters. The normalized spacial score (nSPS) is 18.1. The van der Waals surface area contributed by atoms with Gasteiger partial charge in [-0.3, -0.25) is 0 Å². The van der Waals surface area contributed by atoms with Crippen LogP contribution in [-0.4, -0.2) is 28.9 Å². The molecule has 0 saturated carbocycles. The third-order valence-corrected chi connectivity index (χ3v) is 5.10. The Morgan fingerprint density at radius 1 is 1.45 bits per heavy atom. The molecule has 1 atom stereocenters. The minimum Gasteiger partial charge on any atom is -0.481 e. The number of nitrogens with zero attached hydrogens (tertiary/aromatic N) is 3. The molecule has 0 bridgehead atoms. The van der Waals surface area contributed by atoms with Gasteiger partial charge in [0, 0.05) is 18.0 Å². The first-order valence-corrected chi connectivity index (χ1v) is 7.72. The molecule has 20 heavy (non-hydrogen) atoms. The van der Waals surface area contributed by atoms with Crippen LogP contribution in [0.4, 0.5) is 0 Å². The molecule has 0 saturated heterocycles. The Kier molecular flexibility index (Phi) is 3.52. The van der Waals surface area contributed by atoms with Crippen molar-refractivity contribution in [3.8, 4) is 16.5 Å². The second-order valence-electron chi connectivity index (χ2n) is 5.16. The van der Waals surface area contributed by atoms with Crippen molar-refractivity contribution < 1.29 is 4.74 Å². The molecule has 0 aromatic carbocycles. The van der Waals surface area contributed by atoms with Gasteiger partial charge >= 0.3 is 0 Å². The molecule has 0 fully saturated rings. The van der Waals surface area contributed by atoms with E-state index in [9.17, 15) is 0 Å². The average Bonchev–Trinajstić information content (AvgIpc) is 2.97. The molecule has 3 rings (SSSR count). The van der Waals surface area contributed by atoms with Crippen LogP contribution in [0.5, 0.6) is 5.88 Å². The highest BCUT2D eigenvalue weighted by Crippen LogP contribution is 2.41. The van der Waals surface area contributed by atoms with Crippen LogP contribution in [0.1, 0.15) is 35.1 Å². The number of thiazole rings is 1. The van der Waals surface area contributed by atoms with E-state index in [2.05, 4.69) is 10.4 Å². The summed E-state index contributed by atoms with van der Waals surface area (Å²) < 4.78 is 7.27. The molecule has 0 radical (unpaired) electrons. The summed E-state index contributed by atoms with van der Waals surface area (Å²) in [5.41, 5.74) is 3.24. The Balaban J connectivity index is 2.10. The van der Waals surface area contributed by atoms with Crippen molar-refractivity contribution >= 4 is 11.3 Å². The van der Waals surface area contributed by atoms with Crippen LogP contribution >= 0.6 is 11.3 Å². The molecule has 1 N–H and O–H groups in total. The minimum absolute atomic E-state index is 0.438. The number of aryl methyl sites for hydroxylation is 3. The monoisotopic (exact) mass is 292 g/mol. The van der Waals surface area contributed by atoms with Crippen molar-refractivity contribution in [3.63, 3.8) is 0 Å². The maximum absolute atomic E-state index is 5.49. The SMILES string of the molecule is CNC1CCCc2nc(-c3c(C)nn(C)c3OC)sc21. The van der Waals surface area contributed by atoms with Crippen LogP contribution in [0, 0.1) is 6.92 Å². The van der Waals surface area contributed by atoms with Crippen LogP contribution in [0.15, 0.2) is 0 Å². The topological polar surface area (TPSA) is 52.0 Å². The molecule has 5 nitrogen and oxygen atoms in total. The lowest BCUT2D eigenvalue weighted by molar-refractivity contribution is 0.375. The number of nitrogens with one attached hydrogen (secondary N) is 1. The highest BCUT2D eigenvalue weighted by atomic mass is 32.1. The van der Waals surface area contributed by atoms with E-state index >= 15 is 0 Å². The summed E-state index contributed by atoms with van der Waals surface area (Å²) in [6.07, 6.45) is 3.46.